The monoisotopic (exact) mass is 297 g/mol. The van der Waals surface area contributed by atoms with Crippen LogP contribution in [0.1, 0.15) is 39.0 Å². The van der Waals surface area contributed by atoms with Crippen LogP contribution >= 0.6 is 23.4 Å². The van der Waals surface area contributed by atoms with E-state index in [9.17, 15) is 0 Å². The van der Waals surface area contributed by atoms with Gasteiger partial charge in [-0.1, -0.05) is 44.2 Å². The minimum atomic E-state index is 0.325. The zero-order valence-corrected chi connectivity index (χ0v) is 13.2. The van der Waals surface area contributed by atoms with E-state index in [1.165, 1.54) is 37.0 Å². The second-order valence-electron chi connectivity index (χ2n) is 5.55. The lowest BCUT2D eigenvalue weighted by atomic mass is 9.75. The minimum Gasteiger partial charge on any atom is -0.327 e. The van der Waals surface area contributed by atoms with Crippen molar-refractivity contribution >= 4 is 23.4 Å². The predicted octanol–water partition coefficient (Wildman–Crippen LogP) is 4.98. The summed E-state index contributed by atoms with van der Waals surface area (Å²) in [5.41, 5.74) is 6.45. The van der Waals surface area contributed by atoms with E-state index < -0.39 is 0 Å². The molecule has 1 fully saturated rings. The fraction of sp³-hybridized carbons (Fsp3) is 0.625. The third-order valence-electron chi connectivity index (χ3n) is 4.30. The Balaban J connectivity index is 1.85. The third kappa shape index (κ3) is 4.40. The summed E-state index contributed by atoms with van der Waals surface area (Å²) in [6, 6.07) is 8.39. The quantitative estimate of drug-likeness (QED) is 0.776. The Labute approximate surface area is 126 Å². The number of benzene rings is 1. The number of halogens is 1. The van der Waals surface area contributed by atoms with Gasteiger partial charge in [-0.15, -0.1) is 11.8 Å². The van der Waals surface area contributed by atoms with Crippen LogP contribution in [0.5, 0.6) is 0 Å². The normalized spacial score (nSPS) is 25.2. The number of thioether (sulfide) groups is 1. The van der Waals surface area contributed by atoms with Gasteiger partial charge in [0.05, 0.1) is 0 Å². The molecule has 19 heavy (non-hydrogen) atoms. The SMILES string of the molecule is CCC1CCCCC1C(N)CSc1ccc(Cl)cc1. The molecular weight excluding hydrogens is 274 g/mol. The summed E-state index contributed by atoms with van der Waals surface area (Å²) in [7, 11) is 0. The van der Waals surface area contributed by atoms with Crippen molar-refractivity contribution in [2.24, 2.45) is 17.6 Å². The molecule has 1 nitrogen and oxygen atoms in total. The Morgan fingerprint density at radius 2 is 1.95 bits per heavy atom. The first-order chi connectivity index (χ1) is 9.20. The van der Waals surface area contributed by atoms with Gasteiger partial charge in [-0.3, -0.25) is 0 Å². The van der Waals surface area contributed by atoms with Crippen molar-refractivity contribution in [3.05, 3.63) is 29.3 Å². The van der Waals surface area contributed by atoms with Gasteiger partial charge in [0.1, 0.15) is 0 Å². The van der Waals surface area contributed by atoms with Crippen LogP contribution in [0.25, 0.3) is 0 Å². The lowest BCUT2D eigenvalue weighted by Gasteiger charge is -2.35. The van der Waals surface area contributed by atoms with Gasteiger partial charge in [-0.2, -0.15) is 0 Å². The van der Waals surface area contributed by atoms with Crippen molar-refractivity contribution in [2.75, 3.05) is 5.75 Å². The van der Waals surface area contributed by atoms with E-state index in [0.29, 0.717) is 6.04 Å². The fourth-order valence-corrected chi connectivity index (χ4v) is 4.24. The van der Waals surface area contributed by atoms with Gasteiger partial charge < -0.3 is 5.73 Å². The molecule has 0 bridgehead atoms. The van der Waals surface area contributed by atoms with Gasteiger partial charge in [0.2, 0.25) is 0 Å². The van der Waals surface area contributed by atoms with E-state index in [1.54, 1.807) is 0 Å². The Bertz CT molecular complexity index is 379. The van der Waals surface area contributed by atoms with Crippen LogP contribution in [-0.4, -0.2) is 11.8 Å². The number of hydrogen-bond acceptors (Lipinski definition) is 2. The van der Waals surface area contributed by atoms with Crippen LogP contribution in [0, 0.1) is 11.8 Å². The molecule has 0 radical (unpaired) electrons. The Morgan fingerprint density at radius 1 is 1.26 bits per heavy atom. The van der Waals surface area contributed by atoms with E-state index in [0.717, 1.165) is 22.6 Å². The van der Waals surface area contributed by atoms with Crippen LogP contribution in [0.15, 0.2) is 29.2 Å². The summed E-state index contributed by atoms with van der Waals surface area (Å²) in [5.74, 6) is 2.58. The molecule has 1 aromatic rings. The first-order valence-corrected chi connectivity index (χ1v) is 8.71. The number of nitrogens with two attached hydrogens (primary N) is 1. The number of hydrogen-bond donors (Lipinski definition) is 1. The molecule has 0 amide bonds. The molecular formula is C16H24ClNS. The van der Waals surface area contributed by atoms with Crippen molar-refractivity contribution in [1.82, 2.24) is 0 Å². The molecule has 0 saturated heterocycles. The second-order valence-corrected chi connectivity index (χ2v) is 7.08. The molecule has 0 aliphatic heterocycles. The minimum absolute atomic E-state index is 0.325. The van der Waals surface area contributed by atoms with Crippen LogP contribution in [-0.2, 0) is 0 Å². The Morgan fingerprint density at radius 3 is 2.63 bits per heavy atom. The summed E-state index contributed by atoms with van der Waals surface area (Å²) < 4.78 is 0. The highest BCUT2D eigenvalue weighted by molar-refractivity contribution is 7.99. The topological polar surface area (TPSA) is 26.0 Å². The summed E-state index contributed by atoms with van der Waals surface area (Å²) >= 11 is 7.76. The van der Waals surface area contributed by atoms with Gasteiger partial charge in [0.15, 0.2) is 0 Å². The second kappa shape index (κ2) is 7.56. The molecule has 3 unspecified atom stereocenters. The first kappa shape index (κ1) is 15.2. The maximum Gasteiger partial charge on any atom is 0.0406 e. The molecule has 0 spiro atoms. The van der Waals surface area contributed by atoms with Gasteiger partial charge in [-0.25, -0.2) is 0 Å². The largest absolute Gasteiger partial charge is 0.327 e. The molecule has 1 aromatic carbocycles. The molecule has 2 rings (SSSR count). The fourth-order valence-electron chi connectivity index (χ4n) is 3.15. The predicted molar refractivity (Wildman–Crippen MR) is 85.9 cm³/mol. The van der Waals surface area contributed by atoms with Crippen LogP contribution in [0.3, 0.4) is 0 Å². The smallest absolute Gasteiger partial charge is 0.0406 e. The van der Waals surface area contributed by atoms with E-state index >= 15 is 0 Å². The first-order valence-electron chi connectivity index (χ1n) is 7.34. The van der Waals surface area contributed by atoms with E-state index in [1.807, 2.05) is 23.9 Å². The Hall–Kier alpha value is -0.180. The molecule has 2 N–H and O–H groups in total. The zero-order chi connectivity index (χ0) is 13.7. The molecule has 0 aromatic heterocycles. The van der Waals surface area contributed by atoms with E-state index in [4.69, 9.17) is 17.3 Å². The number of rotatable bonds is 5. The maximum atomic E-state index is 6.45. The average Bonchev–Trinajstić information content (AvgIpc) is 2.46. The summed E-state index contributed by atoms with van der Waals surface area (Å²) in [4.78, 5) is 1.27. The summed E-state index contributed by atoms with van der Waals surface area (Å²) in [6.07, 6.45) is 6.73. The molecule has 106 valence electrons. The maximum absolute atomic E-state index is 6.45. The van der Waals surface area contributed by atoms with Gasteiger partial charge >= 0.3 is 0 Å². The molecule has 1 aliphatic rings. The summed E-state index contributed by atoms with van der Waals surface area (Å²) in [5, 5.41) is 0.798. The van der Waals surface area contributed by atoms with Gasteiger partial charge in [0.25, 0.3) is 0 Å². The summed E-state index contributed by atoms with van der Waals surface area (Å²) in [6.45, 7) is 2.31. The van der Waals surface area contributed by atoms with Crippen LogP contribution in [0.4, 0.5) is 0 Å². The van der Waals surface area contributed by atoms with E-state index in [2.05, 4.69) is 19.1 Å². The van der Waals surface area contributed by atoms with Crippen molar-refractivity contribution < 1.29 is 0 Å². The van der Waals surface area contributed by atoms with Crippen LogP contribution < -0.4 is 5.73 Å². The van der Waals surface area contributed by atoms with Crippen molar-refractivity contribution in [3.8, 4) is 0 Å². The standard InChI is InChI=1S/C16H24ClNS/c1-2-12-5-3-4-6-15(12)16(18)11-19-14-9-7-13(17)8-10-14/h7-10,12,15-16H,2-6,11,18H2,1H3. The van der Waals surface area contributed by atoms with Crippen molar-refractivity contribution in [1.29, 1.82) is 0 Å². The highest BCUT2D eigenvalue weighted by Crippen LogP contribution is 2.35. The lowest BCUT2D eigenvalue weighted by Crippen LogP contribution is -2.38. The van der Waals surface area contributed by atoms with Crippen molar-refractivity contribution in [3.63, 3.8) is 0 Å². The molecule has 3 atom stereocenters. The van der Waals surface area contributed by atoms with Crippen molar-refractivity contribution in [2.45, 2.75) is 50.0 Å². The average molecular weight is 298 g/mol. The molecule has 1 saturated carbocycles. The molecule has 0 heterocycles. The van der Waals surface area contributed by atoms with Gasteiger partial charge in [-0.05, 0) is 42.5 Å². The third-order valence-corrected chi connectivity index (χ3v) is 5.71. The zero-order valence-electron chi connectivity index (χ0n) is 11.6. The Kier molecular flexibility index (Phi) is 6.06. The lowest BCUT2D eigenvalue weighted by molar-refractivity contribution is 0.205. The van der Waals surface area contributed by atoms with Crippen LogP contribution in [0.2, 0.25) is 5.02 Å². The highest BCUT2D eigenvalue weighted by Gasteiger charge is 2.28. The molecule has 3 heteroatoms. The molecule has 1 aliphatic carbocycles. The van der Waals surface area contributed by atoms with E-state index in [-0.39, 0.29) is 0 Å². The highest BCUT2D eigenvalue weighted by atomic mass is 35.5. The van der Waals surface area contributed by atoms with Gasteiger partial charge in [0, 0.05) is 21.7 Å².